The second-order valence-electron chi connectivity index (χ2n) is 3.80. The number of nitrogens with one attached hydrogen (secondary N) is 1. The average Bonchev–Trinajstić information content (AvgIpc) is 2.84. The molecule has 2 heterocycles. The van der Waals surface area contributed by atoms with Crippen LogP contribution in [0.4, 0.5) is 0 Å². The lowest BCUT2D eigenvalue weighted by atomic mass is 10.1. The van der Waals surface area contributed by atoms with E-state index in [1.165, 1.54) is 0 Å². The molecule has 3 N–H and O–H groups in total. The van der Waals surface area contributed by atoms with E-state index in [9.17, 15) is 0 Å². The molecule has 6 nitrogen and oxygen atoms in total. The van der Waals surface area contributed by atoms with Crippen LogP contribution in [-0.4, -0.2) is 19.3 Å². The number of aryl methyl sites for hydroxylation is 2. The number of nitrogens with zero attached hydrogens (tertiary/aromatic N) is 4. The van der Waals surface area contributed by atoms with Crippen molar-refractivity contribution >= 4 is 0 Å². The third-order valence-electron chi connectivity index (χ3n) is 2.55. The standard InChI is InChI=1S/C10H16N6/c1-15-6-4-12-10(15)9(13-11)7-8-3-5-16(2)14-8/h3-6,9,13H,7,11H2,1-2H3. The van der Waals surface area contributed by atoms with E-state index in [0.717, 1.165) is 17.9 Å². The van der Waals surface area contributed by atoms with Gasteiger partial charge in [0.2, 0.25) is 0 Å². The zero-order valence-electron chi connectivity index (χ0n) is 9.46. The number of hydrogen-bond acceptors (Lipinski definition) is 4. The van der Waals surface area contributed by atoms with Gasteiger partial charge < -0.3 is 4.57 Å². The lowest BCUT2D eigenvalue weighted by molar-refractivity contribution is 0.500. The summed E-state index contributed by atoms with van der Waals surface area (Å²) in [4.78, 5) is 4.28. The summed E-state index contributed by atoms with van der Waals surface area (Å²) in [5.74, 6) is 6.46. The highest BCUT2D eigenvalue weighted by Crippen LogP contribution is 2.14. The largest absolute Gasteiger partial charge is 0.337 e. The minimum atomic E-state index is -0.0186. The second kappa shape index (κ2) is 4.46. The fourth-order valence-electron chi connectivity index (χ4n) is 1.72. The Morgan fingerprint density at radius 2 is 2.25 bits per heavy atom. The molecule has 6 heteroatoms. The molecule has 0 fully saturated rings. The third kappa shape index (κ3) is 2.12. The number of aromatic nitrogens is 4. The number of hydrogen-bond donors (Lipinski definition) is 2. The first-order valence-electron chi connectivity index (χ1n) is 5.12. The Balaban J connectivity index is 2.15. The third-order valence-corrected chi connectivity index (χ3v) is 2.55. The van der Waals surface area contributed by atoms with Gasteiger partial charge in [-0.3, -0.25) is 10.5 Å². The molecule has 16 heavy (non-hydrogen) atoms. The topological polar surface area (TPSA) is 73.7 Å². The van der Waals surface area contributed by atoms with Crippen LogP contribution >= 0.6 is 0 Å². The normalized spacial score (nSPS) is 12.9. The summed E-state index contributed by atoms with van der Waals surface area (Å²) < 4.78 is 3.73. The summed E-state index contributed by atoms with van der Waals surface area (Å²) in [5.41, 5.74) is 3.76. The molecule has 0 aliphatic carbocycles. The number of hydrazine groups is 1. The molecule has 0 aromatic carbocycles. The van der Waals surface area contributed by atoms with Gasteiger partial charge in [-0.15, -0.1) is 0 Å². The van der Waals surface area contributed by atoms with Gasteiger partial charge in [0.15, 0.2) is 0 Å². The minimum Gasteiger partial charge on any atom is -0.337 e. The van der Waals surface area contributed by atoms with Crippen LogP contribution in [0.15, 0.2) is 24.7 Å². The van der Waals surface area contributed by atoms with Crippen molar-refractivity contribution in [1.29, 1.82) is 0 Å². The lowest BCUT2D eigenvalue weighted by Crippen LogP contribution is -2.31. The summed E-state index contributed by atoms with van der Waals surface area (Å²) in [7, 11) is 3.85. The van der Waals surface area contributed by atoms with Crippen molar-refractivity contribution in [2.24, 2.45) is 19.9 Å². The Morgan fingerprint density at radius 3 is 2.75 bits per heavy atom. The van der Waals surface area contributed by atoms with E-state index < -0.39 is 0 Å². The molecule has 0 spiro atoms. The summed E-state index contributed by atoms with van der Waals surface area (Å²) >= 11 is 0. The molecule has 2 aromatic rings. The van der Waals surface area contributed by atoms with Crippen LogP contribution in [0.2, 0.25) is 0 Å². The van der Waals surface area contributed by atoms with Crippen LogP contribution in [0.5, 0.6) is 0 Å². The Bertz CT molecular complexity index is 457. The fourth-order valence-corrected chi connectivity index (χ4v) is 1.72. The lowest BCUT2D eigenvalue weighted by Gasteiger charge is -2.14. The molecule has 1 atom stereocenters. The van der Waals surface area contributed by atoms with Crippen LogP contribution in [0.1, 0.15) is 17.6 Å². The van der Waals surface area contributed by atoms with Crippen molar-refractivity contribution in [3.05, 3.63) is 36.2 Å². The Labute approximate surface area is 94.1 Å². The SMILES string of the molecule is Cn1ccc(CC(NN)c2nccn2C)n1. The summed E-state index contributed by atoms with van der Waals surface area (Å²) in [6.07, 6.45) is 6.31. The first-order valence-corrected chi connectivity index (χ1v) is 5.12. The molecule has 0 bridgehead atoms. The number of imidazole rings is 1. The van der Waals surface area contributed by atoms with Crippen molar-refractivity contribution in [2.45, 2.75) is 12.5 Å². The van der Waals surface area contributed by atoms with Gasteiger partial charge in [0, 0.05) is 39.1 Å². The minimum absolute atomic E-state index is 0.0186. The Hall–Kier alpha value is -1.66. The van der Waals surface area contributed by atoms with Gasteiger partial charge in [-0.05, 0) is 6.07 Å². The highest BCUT2D eigenvalue weighted by Gasteiger charge is 2.15. The number of rotatable bonds is 4. The van der Waals surface area contributed by atoms with Crippen LogP contribution in [0.25, 0.3) is 0 Å². The van der Waals surface area contributed by atoms with Gasteiger partial charge >= 0.3 is 0 Å². The first-order chi connectivity index (χ1) is 7.70. The van der Waals surface area contributed by atoms with E-state index in [1.807, 2.05) is 37.1 Å². The molecular formula is C10H16N6. The van der Waals surface area contributed by atoms with E-state index in [0.29, 0.717) is 0 Å². The quantitative estimate of drug-likeness (QED) is 0.557. The van der Waals surface area contributed by atoms with Gasteiger partial charge in [-0.1, -0.05) is 0 Å². The predicted octanol–water partition coefficient (Wildman–Crippen LogP) is -0.0993. The zero-order chi connectivity index (χ0) is 11.5. The molecule has 0 saturated heterocycles. The van der Waals surface area contributed by atoms with Gasteiger partial charge in [-0.2, -0.15) is 5.10 Å². The van der Waals surface area contributed by atoms with Crippen LogP contribution < -0.4 is 11.3 Å². The van der Waals surface area contributed by atoms with Gasteiger partial charge in [0.1, 0.15) is 5.82 Å². The van der Waals surface area contributed by atoms with Crippen LogP contribution in [0, 0.1) is 0 Å². The van der Waals surface area contributed by atoms with Crippen molar-refractivity contribution in [3.63, 3.8) is 0 Å². The summed E-state index contributed by atoms with van der Waals surface area (Å²) in [6, 6.07) is 1.96. The maximum Gasteiger partial charge on any atom is 0.127 e. The highest BCUT2D eigenvalue weighted by molar-refractivity contribution is 5.07. The molecule has 2 rings (SSSR count). The molecular weight excluding hydrogens is 204 g/mol. The molecule has 0 amide bonds. The van der Waals surface area contributed by atoms with Gasteiger partial charge in [0.05, 0.1) is 11.7 Å². The van der Waals surface area contributed by atoms with E-state index >= 15 is 0 Å². The molecule has 1 unspecified atom stereocenters. The number of nitrogens with two attached hydrogens (primary N) is 1. The molecule has 0 aliphatic heterocycles. The van der Waals surface area contributed by atoms with E-state index in [-0.39, 0.29) is 6.04 Å². The second-order valence-corrected chi connectivity index (χ2v) is 3.80. The fraction of sp³-hybridized carbons (Fsp3) is 0.400. The maximum atomic E-state index is 5.55. The van der Waals surface area contributed by atoms with Crippen molar-refractivity contribution in [2.75, 3.05) is 0 Å². The molecule has 86 valence electrons. The smallest absolute Gasteiger partial charge is 0.127 e. The van der Waals surface area contributed by atoms with E-state index in [4.69, 9.17) is 5.84 Å². The zero-order valence-corrected chi connectivity index (χ0v) is 9.46. The Kier molecular flexibility index (Phi) is 3.02. The van der Waals surface area contributed by atoms with E-state index in [2.05, 4.69) is 15.5 Å². The van der Waals surface area contributed by atoms with Crippen molar-refractivity contribution in [1.82, 2.24) is 24.8 Å². The van der Waals surface area contributed by atoms with Crippen LogP contribution in [0.3, 0.4) is 0 Å². The molecule has 2 aromatic heterocycles. The highest BCUT2D eigenvalue weighted by atomic mass is 15.3. The van der Waals surface area contributed by atoms with Crippen molar-refractivity contribution < 1.29 is 0 Å². The predicted molar refractivity (Wildman–Crippen MR) is 60.2 cm³/mol. The average molecular weight is 220 g/mol. The maximum absolute atomic E-state index is 5.55. The Morgan fingerprint density at radius 1 is 1.44 bits per heavy atom. The summed E-state index contributed by atoms with van der Waals surface area (Å²) in [5, 5.41) is 4.32. The van der Waals surface area contributed by atoms with Crippen molar-refractivity contribution in [3.8, 4) is 0 Å². The molecule has 0 aliphatic rings. The van der Waals surface area contributed by atoms with Gasteiger partial charge in [-0.25, -0.2) is 10.4 Å². The monoisotopic (exact) mass is 220 g/mol. The van der Waals surface area contributed by atoms with Crippen LogP contribution in [-0.2, 0) is 20.5 Å². The first kappa shape index (κ1) is 10.8. The molecule has 0 saturated carbocycles. The molecule has 0 radical (unpaired) electrons. The van der Waals surface area contributed by atoms with E-state index in [1.54, 1.807) is 10.9 Å². The summed E-state index contributed by atoms with van der Waals surface area (Å²) in [6.45, 7) is 0. The van der Waals surface area contributed by atoms with Gasteiger partial charge in [0.25, 0.3) is 0 Å².